The summed E-state index contributed by atoms with van der Waals surface area (Å²) in [6.45, 7) is 0. The highest BCUT2D eigenvalue weighted by atomic mass is 19.1. The molecule has 0 radical (unpaired) electrons. The van der Waals surface area contributed by atoms with E-state index in [1.54, 1.807) is 6.07 Å². The number of aliphatic hydroxyl groups excluding tert-OH is 1. The predicted octanol–water partition coefficient (Wildman–Crippen LogP) is 4.26. The number of hydrogen-bond donors (Lipinski definition) is 1. The van der Waals surface area contributed by atoms with Gasteiger partial charge in [0.2, 0.25) is 0 Å². The van der Waals surface area contributed by atoms with E-state index in [1.807, 2.05) is 6.07 Å². The first-order chi connectivity index (χ1) is 10.2. The molecule has 2 aromatic carbocycles. The summed E-state index contributed by atoms with van der Waals surface area (Å²) in [5.74, 6) is 0.933. The lowest BCUT2D eigenvalue weighted by Gasteiger charge is -2.30. The zero-order valence-corrected chi connectivity index (χ0v) is 11.6. The van der Waals surface area contributed by atoms with Gasteiger partial charge in [-0.05, 0) is 48.1 Å². The minimum Gasteiger partial charge on any atom is -0.485 e. The van der Waals surface area contributed by atoms with Crippen LogP contribution in [0.25, 0.3) is 0 Å². The van der Waals surface area contributed by atoms with Gasteiger partial charge in [-0.15, -0.1) is 0 Å². The standard InChI is InChI=1S/C18H17FO2/c19-14-6-7-17-15(9-14)16(20)10-18(21-17)13-3-1-2-12(8-13)11-4-5-11/h1-3,6-9,11,16,18,20H,4-5,10H2. The van der Waals surface area contributed by atoms with Crippen molar-refractivity contribution in [3.63, 3.8) is 0 Å². The molecule has 1 heterocycles. The van der Waals surface area contributed by atoms with Crippen molar-refractivity contribution in [3.05, 3.63) is 65.0 Å². The molecule has 0 amide bonds. The molecule has 108 valence electrons. The van der Waals surface area contributed by atoms with Gasteiger partial charge in [-0.3, -0.25) is 0 Å². The van der Waals surface area contributed by atoms with E-state index in [2.05, 4.69) is 18.2 Å². The van der Waals surface area contributed by atoms with Crippen LogP contribution in [0.5, 0.6) is 5.75 Å². The largest absolute Gasteiger partial charge is 0.485 e. The van der Waals surface area contributed by atoms with Crippen LogP contribution in [0.3, 0.4) is 0 Å². The monoisotopic (exact) mass is 284 g/mol. The van der Waals surface area contributed by atoms with Gasteiger partial charge in [0.1, 0.15) is 17.7 Å². The summed E-state index contributed by atoms with van der Waals surface area (Å²) in [5, 5.41) is 10.3. The highest BCUT2D eigenvalue weighted by Gasteiger charge is 2.30. The Balaban J connectivity index is 1.65. The van der Waals surface area contributed by atoms with Gasteiger partial charge >= 0.3 is 0 Å². The maximum atomic E-state index is 13.3. The SMILES string of the molecule is OC1CC(c2cccc(C3CC3)c2)Oc2ccc(F)cc21. The summed E-state index contributed by atoms with van der Waals surface area (Å²) in [5.41, 5.74) is 2.99. The Labute approximate surface area is 123 Å². The number of fused-ring (bicyclic) bond motifs is 1. The minimum atomic E-state index is -0.681. The summed E-state index contributed by atoms with van der Waals surface area (Å²) in [7, 11) is 0. The molecule has 1 N–H and O–H groups in total. The molecule has 2 unspecified atom stereocenters. The molecule has 1 aliphatic carbocycles. The molecule has 0 aromatic heterocycles. The van der Waals surface area contributed by atoms with Crippen molar-refractivity contribution in [3.8, 4) is 5.75 Å². The fourth-order valence-corrected chi connectivity index (χ4v) is 3.05. The molecule has 21 heavy (non-hydrogen) atoms. The Bertz CT molecular complexity index is 679. The van der Waals surface area contributed by atoms with Crippen LogP contribution in [0, 0.1) is 5.82 Å². The lowest BCUT2D eigenvalue weighted by Crippen LogP contribution is -2.19. The van der Waals surface area contributed by atoms with Gasteiger partial charge in [-0.25, -0.2) is 4.39 Å². The van der Waals surface area contributed by atoms with Gasteiger partial charge in [0, 0.05) is 12.0 Å². The highest BCUT2D eigenvalue weighted by Crippen LogP contribution is 2.44. The number of rotatable bonds is 2. The van der Waals surface area contributed by atoms with Gasteiger partial charge < -0.3 is 9.84 Å². The molecule has 2 atom stereocenters. The topological polar surface area (TPSA) is 29.5 Å². The lowest BCUT2D eigenvalue weighted by molar-refractivity contribution is 0.0653. The van der Waals surface area contributed by atoms with Crippen LogP contribution in [-0.4, -0.2) is 5.11 Å². The molecule has 0 bridgehead atoms. The van der Waals surface area contributed by atoms with Crippen molar-refractivity contribution in [2.45, 2.75) is 37.4 Å². The molecule has 1 saturated carbocycles. The molecular formula is C18H17FO2. The van der Waals surface area contributed by atoms with E-state index in [1.165, 1.54) is 30.5 Å². The van der Waals surface area contributed by atoms with Crippen LogP contribution in [-0.2, 0) is 0 Å². The summed E-state index contributed by atoms with van der Waals surface area (Å²) in [6, 6.07) is 12.8. The van der Waals surface area contributed by atoms with Crippen molar-refractivity contribution in [2.75, 3.05) is 0 Å². The van der Waals surface area contributed by atoms with Gasteiger partial charge in [-0.2, -0.15) is 0 Å². The average molecular weight is 284 g/mol. The van der Waals surface area contributed by atoms with E-state index in [0.717, 1.165) is 5.56 Å². The Morgan fingerprint density at radius 1 is 1.05 bits per heavy atom. The molecule has 1 aliphatic heterocycles. The Morgan fingerprint density at radius 3 is 2.67 bits per heavy atom. The second kappa shape index (κ2) is 4.85. The van der Waals surface area contributed by atoms with Crippen molar-refractivity contribution in [1.29, 1.82) is 0 Å². The van der Waals surface area contributed by atoms with Gasteiger partial charge in [0.15, 0.2) is 0 Å². The van der Waals surface area contributed by atoms with Crippen LogP contribution in [0.4, 0.5) is 4.39 Å². The Kier molecular flexibility index (Phi) is 2.96. The van der Waals surface area contributed by atoms with Crippen molar-refractivity contribution in [1.82, 2.24) is 0 Å². The number of hydrogen-bond acceptors (Lipinski definition) is 2. The maximum Gasteiger partial charge on any atom is 0.127 e. The second-order valence-electron chi connectivity index (χ2n) is 5.98. The first-order valence-corrected chi connectivity index (χ1v) is 7.45. The average Bonchev–Trinajstić information content (AvgIpc) is 3.33. The van der Waals surface area contributed by atoms with Crippen LogP contribution in [0.1, 0.15) is 54.1 Å². The molecule has 2 aromatic rings. The van der Waals surface area contributed by atoms with Crippen molar-refractivity contribution >= 4 is 0 Å². The van der Waals surface area contributed by atoms with Gasteiger partial charge in [-0.1, -0.05) is 24.3 Å². The number of benzene rings is 2. The first-order valence-electron chi connectivity index (χ1n) is 7.45. The zero-order chi connectivity index (χ0) is 14.4. The summed E-state index contributed by atoms with van der Waals surface area (Å²) < 4.78 is 19.2. The van der Waals surface area contributed by atoms with E-state index < -0.39 is 6.10 Å². The third-order valence-corrected chi connectivity index (χ3v) is 4.37. The van der Waals surface area contributed by atoms with Crippen molar-refractivity contribution < 1.29 is 14.2 Å². The number of halogens is 1. The van der Waals surface area contributed by atoms with Crippen LogP contribution < -0.4 is 4.74 Å². The maximum absolute atomic E-state index is 13.3. The smallest absolute Gasteiger partial charge is 0.127 e. The molecule has 4 rings (SSSR count). The molecule has 0 saturated heterocycles. The lowest BCUT2D eigenvalue weighted by atomic mass is 9.93. The van der Waals surface area contributed by atoms with Gasteiger partial charge in [0.25, 0.3) is 0 Å². The molecule has 0 spiro atoms. The van der Waals surface area contributed by atoms with E-state index in [9.17, 15) is 9.50 Å². The van der Waals surface area contributed by atoms with Crippen LogP contribution in [0.2, 0.25) is 0 Å². The van der Waals surface area contributed by atoms with Gasteiger partial charge in [0.05, 0.1) is 6.10 Å². The second-order valence-corrected chi connectivity index (χ2v) is 5.98. The Morgan fingerprint density at radius 2 is 1.86 bits per heavy atom. The quantitative estimate of drug-likeness (QED) is 0.892. The highest BCUT2D eigenvalue weighted by molar-refractivity contribution is 5.39. The number of aliphatic hydroxyl groups is 1. The van der Waals surface area contributed by atoms with E-state index in [0.29, 0.717) is 23.7 Å². The van der Waals surface area contributed by atoms with E-state index >= 15 is 0 Å². The van der Waals surface area contributed by atoms with Crippen LogP contribution in [0.15, 0.2) is 42.5 Å². The molecule has 2 nitrogen and oxygen atoms in total. The number of ether oxygens (including phenoxy) is 1. The van der Waals surface area contributed by atoms with E-state index in [4.69, 9.17) is 4.74 Å². The fourth-order valence-electron chi connectivity index (χ4n) is 3.05. The first kappa shape index (κ1) is 12.8. The Hall–Kier alpha value is -1.87. The third-order valence-electron chi connectivity index (χ3n) is 4.37. The van der Waals surface area contributed by atoms with Crippen LogP contribution >= 0.6 is 0 Å². The summed E-state index contributed by atoms with van der Waals surface area (Å²) >= 11 is 0. The van der Waals surface area contributed by atoms with Crippen molar-refractivity contribution in [2.24, 2.45) is 0 Å². The molecule has 3 heteroatoms. The fraction of sp³-hybridized carbons (Fsp3) is 0.333. The minimum absolute atomic E-state index is 0.170. The third kappa shape index (κ3) is 2.42. The zero-order valence-electron chi connectivity index (χ0n) is 11.6. The predicted molar refractivity (Wildman–Crippen MR) is 77.8 cm³/mol. The summed E-state index contributed by atoms with van der Waals surface area (Å²) in [4.78, 5) is 0. The summed E-state index contributed by atoms with van der Waals surface area (Å²) in [6.07, 6.45) is 2.14. The normalized spacial score (nSPS) is 24.3. The van der Waals surface area contributed by atoms with E-state index in [-0.39, 0.29) is 11.9 Å². The molecular weight excluding hydrogens is 267 g/mol. The molecule has 2 aliphatic rings. The molecule has 1 fully saturated rings.